The molecule has 3 unspecified atom stereocenters. The van der Waals surface area contributed by atoms with E-state index in [4.69, 9.17) is 19.3 Å². The molecule has 0 bridgehead atoms. The smallest absolute Gasteiger partial charge is 0.119 e. The molecule has 0 rings (SSSR count). The molecule has 36 heavy (non-hydrogen) atoms. The van der Waals surface area contributed by atoms with Crippen molar-refractivity contribution < 1.29 is 0 Å². The van der Waals surface area contributed by atoms with Crippen LogP contribution in [0.15, 0.2) is 0 Å². The highest BCUT2D eigenvalue weighted by molar-refractivity contribution is 5.28. The third kappa shape index (κ3) is 52.2. The summed E-state index contributed by atoms with van der Waals surface area (Å²) in [5, 5.41) is 0. The molecule has 0 amide bonds. The maximum atomic E-state index is 5.21. The van der Waals surface area contributed by atoms with Crippen molar-refractivity contribution in [2.75, 3.05) is 0 Å². The minimum atomic E-state index is -0.242. The molecule has 0 aliphatic heterocycles. The third-order valence-corrected chi connectivity index (χ3v) is 2.67. The molecule has 198 valence electrons. The van der Waals surface area contributed by atoms with Crippen LogP contribution in [0.4, 0.5) is 0 Å². The van der Waals surface area contributed by atoms with Gasteiger partial charge >= 0.3 is 0 Å². The van der Waals surface area contributed by atoms with Gasteiger partial charge in [0.2, 0.25) is 0 Å². The van der Waals surface area contributed by atoms with Crippen LogP contribution in [0.3, 0.4) is 0 Å². The molecule has 0 aromatic heterocycles. The van der Waals surface area contributed by atoms with Crippen LogP contribution in [0.5, 0.6) is 0 Å². The third-order valence-electron chi connectivity index (χ3n) is 2.67. The van der Waals surface area contributed by atoms with E-state index in [0.29, 0.717) is 6.42 Å². The van der Waals surface area contributed by atoms with Crippen molar-refractivity contribution in [3.05, 3.63) is 0 Å². The van der Waals surface area contributed by atoms with Gasteiger partial charge in [0.1, 0.15) is 11.8 Å². The van der Waals surface area contributed by atoms with Gasteiger partial charge in [-0.25, -0.2) is 0 Å². The Labute approximate surface area is 231 Å². The molecule has 0 N–H and O–H groups in total. The molecular weight excluding hydrogens is 432 g/mol. The van der Waals surface area contributed by atoms with E-state index in [-0.39, 0.29) is 62.3 Å². The summed E-state index contributed by atoms with van der Waals surface area (Å²) in [7, 11) is 0. The summed E-state index contributed by atoms with van der Waals surface area (Å²) in [6, 6.07) is 0. The van der Waals surface area contributed by atoms with Crippen LogP contribution in [0, 0.1) is 126 Å². The summed E-state index contributed by atoms with van der Waals surface area (Å²) in [6.45, 7) is 11.2. The van der Waals surface area contributed by atoms with E-state index in [0.717, 1.165) is 12.8 Å². The first-order valence-electron chi connectivity index (χ1n) is 9.58. The van der Waals surface area contributed by atoms with Gasteiger partial charge in [-0.1, -0.05) is 118 Å². The van der Waals surface area contributed by atoms with Crippen molar-refractivity contribution in [2.45, 2.75) is 105 Å². The van der Waals surface area contributed by atoms with E-state index in [1.165, 1.54) is 0 Å². The molecule has 0 heterocycles. The Balaban J connectivity index is -0.0000000415. The van der Waals surface area contributed by atoms with Gasteiger partial charge in [-0.3, -0.25) is 0 Å². The van der Waals surface area contributed by atoms with Crippen molar-refractivity contribution in [3.63, 3.8) is 0 Å². The average molecular weight is 487 g/mol. The fourth-order valence-corrected chi connectivity index (χ4v) is 1.37. The van der Waals surface area contributed by atoms with E-state index in [2.05, 4.69) is 88.8 Å². The van der Waals surface area contributed by atoms with Crippen molar-refractivity contribution in [1.82, 2.24) is 0 Å². The highest BCUT2D eigenvalue weighted by Gasteiger charge is 1.89. The van der Waals surface area contributed by atoms with Gasteiger partial charge in [-0.15, -0.1) is 48.9 Å². The topological polar surface area (TPSA) is 0 Å². The zero-order chi connectivity index (χ0) is 23.5. The van der Waals surface area contributed by atoms with Crippen molar-refractivity contribution in [2.24, 2.45) is 17.8 Å². The number of terminal acetylenes is 3. The summed E-state index contributed by atoms with van der Waals surface area (Å²) >= 11 is 0. The Morgan fingerprint density at radius 3 is 1.17 bits per heavy atom. The largest absolute Gasteiger partial charge is 0.141 e. The van der Waals surface area contributed by atoms with Gasteiger partial charge in [-0.2, -0.15) is 0 Å². The van der Waals surface area contributed by atoms with Crippen molar-refractivity contribution >= 4 is 0 Å². The highest BCUT2D eigenvalue weighted by Crippen LogP contribution is 1.89. The Bertz CT molecular complexity index is 960. The normalized spacial score (nSPS) is 7.75. The minimum absolute atomic E-state index is 0. The first kappa shape index (κ1) is 58.2. The first-order valence-corrected chi connectivity index (χ1v) is 9.58. The molecule has 0 fully saturated rings. The second-order valence-electron chi connectivity index (χ2n) is 5.15. The summed E-state index contributed by atoms with van der Waals surface area (Å²) in [4.78, 5) is 0. The van der Waals surface area contributed by atoms with Crippen LogP contribution in [0.2, 0.25) is 0 Å². The summed E-state index contributed by atoms with van der Waals surface area (Å²) in [6.07, 6.45) is 17.6. The van der Waals surface area contributed by atoms with Gasteiger partial charge in [-0.05, 0) is 27.7 Å². The SMILES string of the molecule is C.C.C.C.C.C.C#CC(C#CC)C#CCC.C#CC(C#CC)C#CCC#CCC.C#CC(C)C#CC. The van der Waals surface area contributed by atoms with E-state index >= 15 is 0 Å². The molecule has 0 nitrogen and oxygen atoms in total. The first-order chi connectivity index (χ1) is 14.5. The predicted octanol–water partition coefficient (Wildman–Crippen LogP) is 8.83. The molecule has 0 saturated carbocycles. The standard InChI is InChI=1S/C13H12.C10H10.C7H8.6CH4/c1-4-7-8-9-10-12-13(6-3)11-5-2;1-4-7-9-10(6-3)8-5-2;1-4-6-7(3)5-2;;;;;;/h3,13H,4,9H2,1-2H3;3,10H,4H2,1-2H3;2,7H,1,3H3;6*1H4. The lowest BCUT2D eigenvalue weighted by Gasteiger charge is -1.85. The number of hydrogen-bond acceptors (Lipinski definition) is 0. The van der Waals surface area contributed by atoms with Gasteiger partial charge < -0.3 is 0 Å². The fourth-order valence-electron chi connectivity index (χ4n) is 1.37. The summed E-state index contributed by atoms with van der Waals surface area (Å²) in [5.41, 5.74) is 0. The molecule has 0 radical (unpaired) electrons. The average Bonchev–Trinajstić information content (AvgIpc) is 2.76. The Morgan fingerprint density at radius 2 is 0.889 bits per heavy atom. The summed E-state index contributed by atoms with van der Waals surface area (Å²) < 4.78 is 0. The van der Waals surface area contributed by atoms with Gasteiger partial charge in [0.05, 0.1) is 12.3 Å². The molecule has 3 atom stereocenters. The molecule has 0 aliphatic rings. The maximum absolute atomic E-state index is 5.21. The predicted molar refractivity (Wildman–Crippen MR) is 172 cm³/mol. The van der Waals surface area contributed by atoms with Crippen LogP contribution in [-0.2, 0) is 0 Å². The Kier molecular flexibility index (Phi) is 85.2. The minimum Gasteiger partial charge on any atom is -0.119 e. The second-order valence-corrected chi connectivity index (χ2v) is 5.15. The zero-order valence-electron chi connectivity index (χ0n) is 19.1. The molecular formula is C36H54. The Hall–Kier alpha value is -3.96. The lowest BCUT2D eigenvalue weighted by molar-refractivity contribution is 1.02. The summed E-state index contributed by atoms with van der Waals surface area (Å²) in [5.74, 6) is 41.2. The van der Waals surface area contributed by atoms with Crippen molar-refractivity contribution in [1.29, 1.82) is 0 Å². The van der Waals surface area contributed by atoms with Crippen LogP contribution in [-0.4, -0.2) is 0 Å². The van der Waals surface area contributed by atoms with Crippen LogP contribution in [0.1, 0.15) is 105 Å². The van der Waals surface area contributed by atoms with Crippen LogP contribution in [0.25, 0.3) is 0 Å². The number of rotatable bonds is 0. The number of hydrogen-bond donors (Lipinski definition) is 0. The molecule has 0 aromatic rings. The lowest BCUT2D eigenvalue weighted by atomic mass is 10.1. The molecule has 0 aromatic carbocycles. The van der Waals surface area contributed by atoms with Crippen LogP contribution >= 0.6 is 0 Å². The van der Waals surface area contributed by atoms with E-state index in [1.807, 2.05) is 20.8 Å². The molecule has 0 saturated heterocycles. The van der Waals surface area contributed by atoms with Gasteiger partial charge in [0, 0.05) is 12.8 Å². The molecule has 0 aliphatic carbocycles. The van der Waals surface area contributed by atoms with E-state index < -0.39 is 0 Å². The van der Waals surface area contributed by atoms with E-state index in [9.17, 15) is 0 Å². The van der Waals surface area contributed by atoms with Gasteiger partial charge in [0.15, 0.2) is 0 Å². The van der Waals surface area contributed by atoms with Gasteiger partial charge in [0.25, 0.3) is 0 Å². The molecule has 0 heteroatoms. The zero-order valence-corrected chi connectivity index (χ0v) is 19.1. The highest BCUT2D eigenvalue weighted by atomic mass is 13.9. The fraction of sp³-hybridized carbons (Fsp3) is 0.500. The van der Waals surface area contributed by atoms with E-state index in [1.54, 1.807) is 20.8 Å². The maximum Gasteiger partial charge on any atom is 0.141 e. The Morgan fingerprint density at radius 1 is 0.500 bits per heavy atom. The lowest BCUT2D eigenvalue weighted by Crippen LogP contribution is -1.86. The van der Waals surface area contributed by atoms with Crippen LogP contribution < -0.4 is 0 Å². The second kappa shape index (κ2) is 52.8. The monoisotopic (exact) mass is 486 g/mol. The van der Waals surface area contributed by atoms with Crippen molar-refractivity contribution in [3.8, 4) is 108 Å². The quantitative estimate of drug-likeness (QED) is 0.300. The molecule has 0 spiro atoms.